The molecule has 6 N–H and O–H groups in total. The molecule has 0 radical (unpaired) electrons. The molecule has 262 valence electrons. The molecule has 1 aliphatic heterocycles. The summed E-state index contributed by atoms with van der Waals surface area (Å²) in [4.78, 5) is 45.1. The summed E-state index contributed by atoms with van der Waals surface area (Å²) in [5, 5.41) is 60.7. The molecule has 4 aliphatic carbocycles. The first-order valence-electron chi connectivity index (χ1n) is 16.6. The van der Waals surface area contributed by atoms with Gasteiger partial charge in [-0.1, -0.05) is 42.5 Å². The average molecular weight is 678 g/mol. The molecule has 13 nitrogen and oxygen atoms in total. The number of aliphatic hydroxyl groups is 5. The monoisotopic (exact) mass is 677 g/mol. The molecule has 1 aromatic carbocycles. The maximum atomic E-state index is 14.1. The third-order valence-electron chi connectivity index (χ3n) is 11.1. The number of aliphatic hydroxyl groups excluding tert-OH is 3. The number of carbonyl (C=O) groups excluding carboxylic acids is 3. The maximum Gasteiger partial charge on any atom is 0.493 e. The van der Waals surface area contributed by atoms with Gasteiger partial charge in [0.05, 0.1) is 24.2 Å². The average Bonchev–Trinajstić information content (AvgIpc) is 3.05. The van der Waals surface area contributed by atoms with Crippen LogP contribution in [0.3, 0.4) is 0 Å². The summed E-state index contributed by atoms with van der Waals surface area (Å²) in [5.41, 5.74) is -4.62. The second kappa shape index (κ2) is 12.8. The minimum absolute atomic E-state index is 0.0683. The number of amides is 1. The van der Waals surface area contributed by atoms with Crippen molar-refractivity contribution in [1.29, 1.82) is 0 Å². The predicted octanol–water partition coefficient (Wildman–Crippen LogP) is 0.663. The summed E-state index contributed by atoms with van der Waals surface area (Å²) in [5.74, 6) is -9.18. The predicted molar refractivity (Wildman–Crippen MR) is 178 cm³/mol. The number of hydrogen-bond donors (Lipinski definition) is 6. The highest BCUT2D eigenvalue weighted by atomic mass is 16.6. The van der Waals surface area contributed by atoms with Crippen molar-refractivity contribution in [1.82, 2.24) is 15.1 Å². The maximum absolute atomic E-state index is 14.1. The van der Waals surface area contributed by atoms with Crippen molar-refractivity contribution < 1.29 is 49.2 Å². The molecular formula is C35H44BN3O10. The van der Waals surface area contributed by atoms with Gasteiger partial charge in [-0.25, -0.2) is 0 Å². The molecule has 0 bridgehead atoms. The smallest absolute Gasteiger partial charge is 0.493 e. The van der Waals surface area contributed by atoms with Crippen LogP contribution in [0.1, 0.15) is 27.2 Å². The first-order chi connectivity index (χ1) is 23.1. The molecule has 1 saturated heterocycles. The first kappa shape index (κ1) is 35.1. The van der Waals surface area contributed by atoms with E-state index in [1.54, 1.807) is 20.2 Å². The van der Waals surface area contributed by atoms with Crippen LogP contribution in [0, 0.1) is 23.7 Å². The Morgan fingerprint density at radius 2 is 1.65 bits per heavy atom. The van der Waals surface area contributed by atoms with E-state index in [0.717, 1.165) is 5.46 Å². The molecular weight excluding hydrogens is 633 g/mol. The lowest BCUT2D eigenvalue weighted by Gasteiger charge is -2.55. The molecule has 1 heterocycles. The van der Waals surface area contributed by atoms with Gasteiger partial charge in [0, 0.05) is 48.6 Å². The van der Waals surface area contributed by atoms with E-state index in [2.05, 4.69) is 5.32 Å². The largest absolute Gasteiger partial charge is 0.512 e. The molecule has 0 spiro atoms. The Morgan fingerprint density at radius 3 is 2.27 bits per heavy atom. The van der Waals surface area contributed by atoms with Gasteiger partial charge in [0.1, 0.15) is 22.9 Å². The van der Waals surface area contributed by atoms with E-state index in [9.17, 15) is 39.9 Å². The van der Waals surface area contributed by atoms with Gasteiger partial charge in [-0.2, -0.15) is 0 Å². The second-order valence-corrected chi connectivity index (χ2v) is 14.3. The van der Waals surface area contributed by atoms with Crippen LogP contribution >= 0.6 is 0 Å². The number of hydrogen-bond acceptors (Lipinski definition) is 12. The van der Waals surface area contributed by atoms with Crippen LogP contribution in [-0.4, -0.2) is 123 Å². The normalized spacial score (nSPS) is 36.9. The van der Waals surface area contributed by atoms with Crippen LogP contribution in [0.5, 0.6) is 0 Å². The first-order valence-corrected chi connectivity index (χ1v) is 16.6. The topological polar surface area (TPSA) is 189 Å². The number of fused-ring (bicyclic) bond motifs is 3. The Morgan fingerprint density at radius 1 is 1.02 bits per heavy atom. The zero-order valence-electron chi connectivity index (χ0n) is 28.2. The van der Waals surface area contributed by atoms with E-state index in [1.165, 1.54) is 24.0 Å². The van der Waals surface area contributed by atoms with Crippen LogP contribution in [0.2, 0.25) is 0 Å². The second-order valence-electron chi connectivity index (χ2n) is 14.3. The molecule has 0 aromatic heterocycles. The third-order valence-corrected chi connectivity index (χ3v) is 11.1. The van der Waals surface area contributed by atoms with Crippen molar-refractivity contribution in [3.05, 3.63) is 77.0 Å². The zero-order chi connectivity index (χ0) is 35.6. The SMILES string of the molecule is CC1COB(c2ccccc2)OCC(C)N1CNC(=O)C1=C(O)C2(O)C(O)=C3C(=O)C4C(O)=CC=CC4C(C)(O)C3CC2C(N(C)C)C1=O. The minimum atomic E-state index is -2.71. The summed E-state index contributed by atoms with van der Waals surface area (Å²) in [7, 11) is 2.57. The molecule has 1 saturated carbocycles. The van der Waals surface area contributed by atoms with E-state index >= 15 is 0 Å². The highest BCUT2D eigenvalue weighted by Gasteiger charge is 2.67. The highest BCUT2D eigenvalue weighted by molar-refractivity contribution is 6.61. The Labute approximate surface area is 285 Å². The summed E-state index contributed by atoms with van der Waals surface area (Å²) < 4.78 is 12.1. The lowest BCUT2D eigenvalue weighted by atomic mass is 9.52. The van der Waals surface area contributed by atoms with Crippen molar-refractivity contribution >= 4 is 30.1 Å². The standard InChI is InChI=1S/C35H44BN3O10/c1-18-15-48-36(20-10-7-6-8-11-20)49-16-19(2)39(18)17-37-33(45)27-30(42)28(38(4)5)23-14-22-26(31(43)35(23,47)32(27)44)29(41)25-21(34(22,3)46)12-9-13-24(25)40/h6-13,18-19,21-23,25,28,40,43-44,46-47H,14-17H2,1-5H3,(H,37,45). The number of Topliss-reactive ketones (excluding diaryl/α,β-unsaturated/α-hetero) is 2. The van der Waals surface area contributed by atoms with E-state index in [1.807, 2.05) is 49.1 Å². The zero-order valence-corrected chi connectivity index (χ0v) is 28.2. The molecule has 9 atom stereocenters. The lowest BCUT2D eigenvalue weighted by Crippen LogP contribution is -2.66. The molecule has 9 unspecified atom stereocenters. The molecule has 1 amide bonds. The summed E-state index contributed by atoms with van der Waals surface area (Å²) in [6.45, 7) is 5.79. The van der Waals surface area contributed by atoms with Crippen LogP contribution in [0.4, 0.5) is 0 Å². The van der Waals surface area contributed by atoms with E-state index in [-0.39, 0.29) is 49.7 Å². The third kappa shape index (κ3) is 5.54. The summed E-state index contributed by atoms with van der Waals surface area (Å²) in [6.07, 6.45) is 4.28. The van der Waals surface area contributed by atoms with E-state index < -0.39 is 82.6 Å². The molecule has 6 rings (SSSR count). The minimum Gasteiger partial charge on any atom is -0.512 e. The van der Waals surface area contributed by atoms with Crippen molar-refractivity contribution in [2.45, 2.75) is 56.5 Å². The molecule has 14 heteroatoms. The number of ketones is 2. The van der Waals surface area contributed by atoms with Gasteiger partial charge in [-0.15, -0.1) is 0 Å². The van der Waals surface area contributed by atoms with Crippen molar-refractivity contribution in [3.8, 4) is 0 Å². The van der Waals surface area contributed by atoms with Gasteiger partial charge in [0.2, 0.25) is 0 Å². The Bertz CT molecular complexity index is 1640. The van der Waals surface area contributed by atoms with Crippen LogP contribution in [0.25, 0.3) is 0 Å². The van der Waals surface area contributed by atoms with Gasteiger partial charge in [0.25, 0.3) is 5.91 Å². The fourth-order valence-electron chi connectivity index (χ4n) is 8.40. The van der Waals surface area contributed by atoms with Crippen molar-refractivity contribution in [2.24, 2.45) is 23.7 Å². The fraction of sp³-hybridized carbons (Fsp3) is 0.514. The van der Waals surface area contributed by atoms with E-state index in [0.29, 0.717) is 0 Å². The fourth-order valence-corrected chi connectivity index (χ4v) is 8.40. The van der Waals surface area contributed by atoms with Crippen LogP contribution < -0.4 is 10.8 Å². The number of benzene rings is 1. The lowest BCUT2D eigenvalue weighted by molar-refractivity contribution is -0.152. The number of likely N-dealkylation sites (N-methyl/N-ethyl adjacent to an activating group) is 1. The molecule has 1 aromatic rings. The summed E-state index contributed by atoms with van der Waals surface area (Å²) in [6, 6.07) is 7.91. The van der Waals surface area contributed by atoms with Crippen molar-refractivity contribution in [2.75, 3.05) is 34.0 Å². The number of rotatable bonds is 5. The Hall–Kier alpha value is -3.79. The molecule has 49 heavy (non-hydrogen) atoms. The van der Waals surface area contributed by atoms with Gasteiger partial charge in [0.15, 0.2) is 17.2 Å². The summed E-state index contributed by atoms with van der Waals surface area (Å²) >= 11 is 0. The van der Waals surface area contributed by atoms with E-state index in [4.69, 9.17) is 9.31 Å². The van der Waals surface area contributed by atoms with Gasteiger partial charge in [-0.05, 0) is 52.8 Å². The van der Waals surface area contributed by atoms with Crippen molar-refractivity contribution in [3.63, 3.8) is 0 Å². The Kier molecular flexibility index (Phi) is 9.18. The van der Waals surface area contributed by atoms with Gasteiger partial charge >= 0.3 is 7.12 Å². The molecule has 5 aliphatic rings. The van der Waals surface area contributed by atoms with Crippen LogP contribution in [0.15, 0.2) is 77.0 Å². The highest BCUT2D eigenvalue weighted by Crippen LogP contribution is 2.57. The quantitative estimate of drug-likeness (QED) is 0.189. The van der Waals surface area contributed by atoms with Crippen LogP contribution in [-0.2, 0) is 23.7 Å². The number of nitrogens with one attached hydrogen (secondary N) is 1. The molecule has 2 fully saturated rings. The van der Waals surface area contributed by atoms with Gasteiger partial charge < -0.3 is 40.2 Å². The van der Waals surface area contributed by atoms with Gasteiger partial charge in [-0.3, -0.25) is 24.2 Å². The number of carbonyl (C=O) groups is 3. The number of allylic oxidation sites excluding steroid dienone is 3. The Balaban J connectivity index is 1.31. The number of nitrogens with zero attached hydrogens (tertiary/aromatic N) is 2.